The maximum atomic E-state index is 7.28. The number of hydrogen-bond donors (Lipinski definition) is 1. The molecule has 0 saturated carbocycles. The number of amidine groups is 1. The molecule has 0 bridgehead atoms. The number of rotatable bonds is 3. The summed E-state index contributed by atoms with van der Waals surface area (Å²) in [6, 6.07) is 0. The molecule has 0 rings (SSSR count). The second-order valence-corrected chi connectivity index (χ2v) is 1.66. The van der Waals surface area contributed by atoms with Crippen molar-refractivity contribution < 1.29 is 0 Å². The van der Waals surface area contributed by atoms with E-state index in [0.717, 1.165) is 0 Å². The van der Waals surface area contributed by atoms with Crippen LogP contribution in [0, 0.1) is 5.41 Å². The van der Waals surface area contributed by atoms with Crippen molar-refractivity contribution in [3.05, 3.63) is 37.7 Å². The van der Waals surface area contributed by atoms with E-state index in [-0.39, 0.29) is 0 Å². The van der Waals surface area contributed by atoms with Gasteiger partial charge in [0, 0.05) is 12.4 Å². The first-order valence-electron chi connectivity index (χ1n) is 5.01. The molecule has 0 radical (unpaired) electrons. The Bertz CT molecular complexity index is 169. The molecule has 0 aliphatic rings. The maximum absolute atomic E-state index is 7.28. The van der Waals surface area contributed by atoms with Gasteiger partial charge < -0.3 is 4.90 Å². The Morgan fingerprint density at radius 2 is 1.57 bits per heavy atom. The number of hydrogen-bond acceptors (Lipinski definition) is 1. The van der Waals surface area contributed by atoms with Crippen molar-refractivity contribution in [2.45, 2.75) is 34.6 Å². The predicted molar refractivity (Wildman–Crippen MR) is 67.5 cm³/mol. The van der Waals surface area contributed by atoms with E-state index in [0.29, 0.717) is 5.84 Å². The lowest BCUT2D eigenvalue weighted by atomic mass is 10.5. The van der Waals surface area contributed by atoms with Gasteiger partial charge >= 0.3 is 0 Å². The Morgan fingerprint density at radius 3 is 1.79 bits per heavy atom. The van der Waals surface area contributed by atoms with E-state index < -0.39 is 0 Å². The summed E-state index contributed by atoms with van der Waals surface area (Å²) in [5, 5.41) is 7.28. The van der Waals surface area contributed by atoms with Crippen LogP contribution >= 0.6 is 0 Å². The first-order chi connectivity index (χ1) is 6.76. The minimum Gasteiger partial charge on any atom is -0.310 e. The smallest absolute Gasteiger partial charge is 0.128 e. The fourth-order valence-electron chi connectivity index (χ4n) is 0.506. The van der Waals surface area contributed by atoms with Crippen molar-refractivity contribution in [2.75, 3.05) is 0 Å². The molecule has 0 aromatic rings. The summed E-state index contributed by atoms with van der Waals surface area (Å²) < 4.78 is 0. The highest BCUT2D eigenvalue weighted by molar-refractivity contribution is 5.91. The predicted octanol–water partition coefficient (Wildman–Crippen LogP) is 4.18. The van der Waals surface area contributed by atoms with E-state index in [1.54, 1.807) is 17.3 Å². The van der Waals surface area contributed by atoms with E-state index in [2.05, 4.69) is 13.2 Å². The van der Waals surface area contributed by atoms with Crippen LogP contribution in [0.4, 0.5) is 0 Å². The molecule has 1 N–H and O–H groups in total. The molecule has 0 saturated heterocycles. The molecule has 0 aliphatic carbocycles. The third kappa shape index (κ3) is 10.7. The van der Waals surface area contributed by atoms with Gasteiger partial charge in [-0.2, -0.15) is 0 Å². The summed E-state index contributed by atoms with van der Waals surface area (Å²) in [6.07, 6.45) is 6.60. The van der Waals surface area contributed by atoms with Gasteiger partial charge in [0.25, 0.3) is 0 Å². The van der Waals surface area contributed by atoms with Gasteiger partial charge in [0.2, 0.25) is 0 Å². The molecule has 0 atom stereocenters. The highest BCUT2D eigenvalue weighted by Crippen LogP contribution is 1.92. The standard InChI is InChI=1S/C8H12N2.2C2H6/c1-4-7-10(6-3)8(9)5-2;2*1-2/h4-7,9H,2-3H2,1H3;2*1-2H3/b7-4-,9-8?;;. The summed E-state index contributed by atoms with van der Waals surface area (Å²) in [4.78, 5) is 1.58. The van der Waals surface area contributed by atoms with Crippen molar-refractivity contribution in [1.82, 2.24) is 4.90 Å². The molecule has 0 heterocycles. The van der Waals surface area contributed by atoms with Crippen LogP contribution in [0.25, 0.3) is 0 Å². The quantitative estimate of drug-likeness (QED) is 0.532. The lowest BCUT2D eigenvalue weighted by Gasteiger charge is -2.11. The highest BCUT2D eigenvalue weighted by atomic mass is 15.1. The van der Waals surface area contributed by atoms with Gasteiger partial charge in [-0.3, -0.25) is 5.41 Å². The van der Waals surface area contributed by atoms with Gasteiger partial charge in [0.15, 0.2) is 0 Å². The Kier molecular flexibility index (Phi) is 23.3. The van der Waals surface area contributed by atoms with Crippen LogP contribution in [0.5, 0.6) is 0 Å². The minimum absolute atomic E-state index is 0.327. The van der Waals surface area contributed by atoms with Gasteiger partial charge in [-0.15, -0.1) is 0 Å². The van der Waals surface area contributed by atoms with Crippen LogP contribution in [0.1, 0.15) is 34.6 Å². The van der Waals surface area contributed by atoms with Crippen LogP contribution in [0.15, 0.2) is 37.7 Å². The fourth-order valence-corrected chi connectivity index (χ4v) is 0.506. The van der Waals surface area contributed by atoms with Crippen molar-refractivity contribution in [3.63, 3.8) is 0 Å². The zero-order chi connectivity index (χ0) is 12.0. The van der Waals surface area contributed by atoms with Gasteiger partial charge in [-0.25, -0.2) is 0 Å². The Balaban J connectivity index is -0.000000266. The topological polar surface area (TPSA) is 27.1 Å². The highest BCUT2D eigenvalue weighted by Gasteiger charge is 1.93. The molecule has 0 amide bonds. The average molecular weight is 196 g/mol. The summed E-state index contributed by atoms with van der Waals surface area (Å²) >= 11 is 0. The van der Waals surface area contributed by atoms with Gasteiger partial charge in [0.1, 0.15) is 5.84 Å². The monoisotopic (exact) mass is 196 g/mol. The Hall–Kier alpha value is -1.31. The molecule has 2 nitrogen and oxygen atoms in total. The number of nitrogens with zero attached hydrogens (tertiary/aromatic N) is 1. The summed E-state index contributed by atoms with van der Waals surface area (Å²) in [5.41, 5.74) is 0. The molecule has 0 spiro atoms. The third-order valence-electron chi connectivity index (χ3n) is 0.978. The van der Waals surface area contributed by atoms with Crippen molar-refractivity contribution in [1.29, 1.82) is 5.41 Å². The fraction of sp³-hybridized carbons (Fsp3) is 0.417. The van der Waals surface area contributed by atoms with Crippen molar-refractivity contribution >= 4 is 5.84 Å². The number of allylic oxidation sites excluding steroid dienone is 1. The van der Waals surface area contributed by atoms with Crippen molar-refractivity contribution in [2.24, 2.45) is 0 Å². The van der Waals surface area contributed by atoms with E-state index >= 15 is 0 Å². The SMILES string of the molecule is C=CC(=N)N(C=C)/C=C\C.CC.CC. The molecule has 0 aliphatic heterocycles. The van der Waals surface area contributed by atoms with E-state index in [1.165, 1.54) is 6.08 Å². The summed E-state index contributed by atoms with van der Waals surface area (Å²) in [5.74, 6) is 0.327. The molecule has 0 aromatic heterocycles. The lowest BCUT2D eigenvalue weighted by Crippen LogP contribution is -2.15. The zero-order valence-electron chi connectivity index (χ0n) is 10.2. The first kappa shape index (κ1) is 18.5. The molecule has 14 heavy (non-hydrogen) atoms. The molecular formula is C12H24N2. The molecule has 0 aromatic carbocycles. The van der Waals surface area contributed by atoms with Crippen LogP contribution in [-0.4, -0.2) is 10.7 Å². The van der Waals surface area contributed by atoms with E-state index in [1.807, 2.05) is 40.7 Å². The second kappa shape index (κ2) is 17.7. The van der Waals surface area contributed by atoms with E-state index in [4.69, 9.17) is 5.41 Å². The van der Waals surface area contributed by atoms with Crippen LogP contribution < -0.4 is 0 Å². The normalized spacial score (nSPS) is 7.50. The first-order valence-corrected chi connectivity index (χ1v) is 5.01. The molecule has 82 valence electrons. The van der Waals surface area contributed by atoms with E-state index in [9.17, 15) is 0 Å². The summed E-state index contributed by atoms with van der Waals surface area (Å²) in [7, 11) is 0. The van der Waals surface area contributed by atoms with Crippen LogP contribution in [0.3, 0.4) is 0 Å². The maximum Gasteiger partial charge on any atom is 0.128 e. The molecule has 2 heteroatoms. The third-order valence-corrected chi connectivity index (χ3v) is 0.978. The minimum atomic E-state index is 0.327. The van der Waals surface area contributed by atoms with Gasteiger partial charge in [-0.1, -0.05) is 46.9 Å². The molecular weight excluding hydrogens is 172 g/mol. The average Bonchev–Trinajstić information content (AvgIpc) is 2.30. The lowest BCUT2D eigenvalue weighted by molar-refractivity contribution is 0.758. The van der Waals surface area contributed by atoms with Crippen molar-refractivity contribution in [3.8, 4) is 0 Å². The zero-order valence-corrected chi connectivity index (χ0v) is 10.2. The molecule has 0 fully saturated rings. The van der Waals surface area contributed by atoms with Crippen LogP contribution in [-0.2, 0) is 0 Å². The Labute approximate surface area is 89.1 Å². The Morgan fingerprint density at radius 1 is 1.14 bits per heavy atom. The number of nitrogens with one attached hydrogen (secondary N) is 1. The van der Waals surface area contributed by atoms with Gasteiger partial charge in [0.05, 0.1) is 0 Å². The van der Waals surface area contributed by atoms with Gasteiger partial charge in [-0.05, 0) is 13.0 Å². The second-order valence-electron chi connectivity index (χ2n) is 1.66. The largest absolute Gasteiger partial charge is 0.310 e. The summed E-state index contributed by atoms with van der Waals surface area (Å²) in [6.45, 7) is 16.9. The molecule has 0 unspecified atom stereocenters. The van der Waals surface area contributed by atoms with Crippen LogP contribution in [0.2, 0.25) is 0 Å².